The van der Waals surface area contributed by atoms with Crippen molar-refractivity contribution in [2.45, 2.75) is 20.1 Å². The molecule has 1 aliphatic rings. The van der Waals surface area contributed by atoms with Crippen LogP contribution < -0.4 is 9.47 Å². The summed E-state index contributed by atoms with van der Waals surface area (Å²) in [5.74, 6) is -0.177. The second-order valence-electron chi connectivity index (χ2n) is 7.67. The molecule has 0 unspecified atom stereocenters. The van der Waals surface area contributed by atoms with Crippen LogP contribution in [0.2, 0.25) is 5.02 Å². The Kier molecular flexibility index (Phi) is 7.24. The third kappa shape index (κ3) is 5.26. The molecule has 5 nitrogen and oxygen atoms in total. The van der Waals surface area contributed by atoms with Gasteiger partial charge in [0.25, 0.3) is 11.1 Å². The normalized spacial score (nSPS) is 14.7. The number of nitrogens with zero attached hydrogens (tertiary/aromatic N) is 1. The van der Waals surface area contributed by atoms with E-state index in [0.29, 0.717) is 28.7 Å². The lowest BCUT2D eigenvalue weighted by molar-refractivity contribution is -0.123. The highest BCUT2D eigenvalue weighted by Crippen LogP contribution is 2.39. The second-order valence-corrected chi connectivity index (χ2v) is 9.07. The standard InChI is InChI=1S/C26H21ClFNO4S/c1-16-6-5-7-17(10-16)15-33-24-20(27)11-18(12-22(24)32-2)13-23-25(30)29(26(31)34-23)14-19-8-3-4-9-21(19)28/h3-13H,14-15H2,1-2H3/b23-13-. The van der Waals surface area contributed by atoms with E-state index in [9.17, 15) is 14.0 Å². The minimum atomic E-state index is -0.492. The molecule has 2 amide bonds. The lowest BCUT2D eigenvalue weighted by Gasteiger charge is -2.14. The fraction of sp³-hybridized carbons (Fsp3) is 0.154. The van der Waals surface area contributed by atoms with E-state index in [4.69, 9.17) is 21.1 Å². The minimum absolute atomic E-state index is 0.134. The summed E-state index contributed by atoms with van der Waals surface area (Å²) >= 11 is 7.26. The summed E-state index contributed by atoms with van der Waals surface area (Å²) in [4.78, 5) is 26.5. The zero-order chi connectivity index (χ0) is 24.2. The molecule has 3 aromatic carbocycles. The predicted molar refractivity (Wildman–Crippen MR) is 131 cm³/mol. The Balaban J connectivity index is 1.54. The zero-order valence-electron chi connectivity index (χ0n) is 18.5. The van der Waals surface area contributed by atoms with Gasteiger partial charge in [0.2, 0.25) is 0 Å². The maximum absolute atomic E-state index is 14.0. The molecule has 0 aromatic heterocycles. The number of rotatable bonds is 7. The number of thioether (sulfide) groups is 1. The van der Waals surface area contributed by atoms with E-state index < -0.39 is 17.0 Å². The maximum Gasteiger partial charge on any atom is 0.293 e. The topological polar surface area (TPSA) is 55.8 Å². The first-order valence-corrected chi connectivity index (χ1v) is 11.6. The van der Waals surface area contributed by atoms with Crippen molar-refractivity contribution in [1.82, 2.24) is 4.90 Å². The fourth-order valence-corrected chi connectivity index (χ4v) is 4.62. The molecule has 0 saturated carbocycles. The number of aryl methyl sites for hydroxylation is 1. The van der Waals surface area contributed by atoms with Crippen LogP contribution in [0.15, 0.2) is 65.6 Å². The van der Waals surface area contributed by atoms with E-state index in [2.05, 4.69) is 0 Å². The average molecular weight is 498 g/mol. The molecule has 4 rings (SSSR count). The molecular weight excluding hydrogens is 477 g/mol. The average Bonchev–Trinajstić information content (AvgIpc) is 3.06. The van der Waals surface area contributed by atoms with Gasteiger partial charge in [0.1, 0.15) is 12.4 Å². The van der Waals surface area contributed by atoms with E-state index in [0.717, 1.165) is 27.8 Å². The molecule has 174 valence electrons. The van der Waals surface area contributed by atoms with Crippen LogP contribution >= 0.6 is 23.4 Å². The van der Waals surface area contributed by atoms with E-state index in [1.54, 1.807) is 36.4 Å². The summed E-state index contributed by atoms with van der Waals surface area (Å²) in [6, 6.07) is 17.3. The van der Waals surface area contributed by atoms with Gasteiger partial charge in [-0.25, -0.2) is 4.39 Å². The number of hydrogen-bond acceptors (Lipinski definition) is 5. The Morgan fingerprint density at radius 1 is 1.09 bits per heavy atom. The first kappa shape index (κ1) is 23.9. The van der Waals surface area contributed by atoms with Crippen molar-refractivity contribution in [2.24, 2.45) is 0 Å². The van der Waals surface area contributed by atoms with Crippen molar-refractivity contribution < 1.29 is 23.5 Å². The van der Waals surface area contributed by atoms with Crippen LogP contribution in [0.1, 0.15) is 22.3 Å². The lowest BCUT2D eigenvalue weighted by atomic mass is 10.1. The van der Waals surface area contributed by atoms with Crippen molar-refractivity contribution in [3.05, 3.63) is 98.7 Å². The number of methoxy groups -OCH3 is 1. The van der Waals surface area contributed by atoms with Crippen LogP contribution in [-0.2, 0) is 17.9 Å². The number of benzene rings is 3. The molecule has 0 spiro atoms. The van der Waals surface area contributed by atoms with E-state index >= 15 is 0 Å². The quantitative estimate of drug-likeness (QED) is 0.344. The number of ether oxygens (including phenoxy) is 2. The minimum Gasteiger partial charge on any atom is -0.493 e. The number of carbonyl (C=O) groups is 2. The van der Waals surface area contributed by atoms with Gasteiger partial charge >= 0.3 is 0 Å². The molecule has 0 bridgehead atoms. The van der Waals surface area contributed by atoms with Crippen LogP contribution in [0, 0.1) is 12.7 Å². The number of hydrogen-bond donors (Lipinski definition) is 0. The summed E-state index contributed by atoms with van der Waals surface area (Å²) in [5, 5.41) is -0.153. The first-order chi connectivity index (χ1) is 16.4. The van der Waals surface area contributed by atoms with Crippen molar-refractivity contribution in [1.29, 1.82) is 0 Å². The van der Waals surface area contributed by atoms with Gasteiger partial charge in [-0.2, -0.15) is 0 Å². The maximum atomic E-state index is 14.0. The van der Waals surface area contributed by atoms with Gasteiger partial charge in [0.15, 0.2) is 11.5 Å². The molecule has 3 aromatic rings. The summed E-state index contributed by atoms with van der Waals surface area (Å²) in [7, 11) is 1.50. The molecule has 1 heterocycles. The van der Waals surface area contributed by atoms with Gasteiger partial charge < -0.3 is 9.47 Å². The van der Waals surface area contributed by atoms with Gasteiger partial charge in [-0.05, 0) is 54.1 Å². The Morgan fingerprint density at radius 3 is 2.62 bits per heavy atom. The first-order valence-electron chi connectivity index (χ1n) is 10.4. The lowest BCUT2D eigenvalue weighted by Crippen LogP contribution is -2.27. The molecule has 1 saturated heterocycles. The zero-order valence-corrected chi connectivity index (χ0v) is 20.1. The van der Waals surface area contributed by atoms with Crippen molar-refractivity contribution in [3.8, 4) is 11.5 Å². The Morgan fingerprint density at radius 2 is 1.88 bits per heavy atom. The molecule has 34 heavy (non-hydrogen) atoms. The van der Waals surface area contributed by atoms with E-state index in [1.165, 1.54) is 13.2 Å². The highest BCUT2D eigenvalue weighted by Gasteiger charge is 2.35. The van der Waals surface area contributed by atoms with Gasteiger partial charge in [0.05, 0.1) is 23.6 Å². The number of amides is 2. The van der Waals surface area contributed by atoms with Gasteiger partial charge in [-0.1, -0.05) is 59.6 Å². The third-order valence-corrected chi connectivity index (χ3v) is 6.36. The molecule has 0 radical (unpaired) electrons. The van der Waals surface area contributed by atoms with Gasteiger partial charge in [0, 0.05) is 5.56 Å². The molecule has 0 aliphatic carbocycles. The summed E-state index contributed by atoms with van der Waals surface area (Å²) in [6.07, 6.45) is 1.56. The van der Waals surface area contributed by atoms with Crippen molar-refractivity contribution in [2.75, 3.05) is 7.11 Å². The molecule has 8 heteroatoms. The van der Waals surface area contributed by atoms with E-state index in [-0.39, 0.29) is 17.0 Å². The highest BCUT2D eigenvalue weighted by molar-refractivity contribution is 8.18. The van der Waals surface area contributed by atoms with Crippen LogP contribution in [-0.4, -0.2) is 23.2 Å². The third-order valence-electron chi connectivity index (χ3n) is 5.18. The largest absolute Gasteiger partial charge is 0.493 e. The summed E-state index contributed by atoms with van der Waals surface area (Å²) in [6.45, 7) is 2.18. The monoisotopic (exact) mass is 497 g/mol. The number of halogens is 2. The smallest absolute Gasteiger partial charge is 0.293 e. The number of imide groups is 1. The Hall–Kier alpha value is -3.29. The highest BCUT2D eigenvalue weighted by atomic mass is 35.5. The summed E-state index contributed by atoms with van der Waals surface area (Å²) in [5.41, 5.74) is 2.95. The number of carbonyl (C=O) groups excluding carboxylic acids is 2. The van der Waals surface area contributed by atoms with Gasteiger partial charge in [-0.15, -0.1) is 0 Å². The van der Waals surface area contributed by atoms with Crippen LogP contribution in [0.25, 0.3) is 6.08 Å². The Labute approximate surface area is 206 Å². The molecule has 0 N–H and O–H groups in total. The fourth-order valence-electron chi connectivity index (χ4n) is 3.51. The SMILES string of the molecule is COc1cc(/C=C2\SC(=O)N(Cc3ccccc3F)C2=O)cc(Cl)c1OCc1cccc(C)c1. The van der Waals surface area contributed by atoms with Gasteiger partial charge in [-0.3, -0.25) is 14.5 Å². The molecular formula is C26H21ClFNO4S. The predicted octanol–water partition coefficient (Wildman–Crippen LogP) is 6.61. The Bertz CT molecular complexity index is 1290. The molecule has 1 aliphatic heterocycles. The molecule has 0 atom stereocenters. The van der Waals surface area contributed by atoms with Crippen molar-refractivity contribution in [3.63, 3.8) is 0 Å². The second kappa shape index (κ2) is 10.3. The van der Waals surface area contributed by atoms with E-state index in [1.807, 2.05) is 31.2 Å². The van der Waals surface area contributed by atoms with Crippen molar-refractivity contribution >= 4 is 40.6 Å². The summed E-state index contributed by atoms with van der Waals surface area (Å²) < 4.78 is 25.4. The van der Waals surface area contributed by atoms with Crippen LogP contribution in [0.5, 0.6) is 11.5 Å². The van der Waals surface area contributed by atoms with Crippen LogP contribution in [0.3, 0.4) is 0 Å². The van der Waals surface area contributed by atoms with Crippen LogP contribution in [0.4, 0.5) is 9.18 Å². The molecule has 1 fully saturated rings.